The highest BCUT2D eigenvalue weighted by Crippen LogP contribution is 2.61. The molecule has 0 spiro atoms. The van der Waals surface area contributed by atoms with Crippen LogP contribution in [-0.4, -0.2) is 17.8 Å². The summed E-state index contributed by atoms with van der Waals surface area (Å²) < 4.78 is 11.9. The van der Waals surface area contributed by atoms with Crippen molar-refractivity contribution in [3.8, 4) is 0 Å². The monoisotopic (exact) mass is 242 g/mol. The second-order valence-corrected chi connectivity index (χ2v) is 5.73. The molecule has 3 aliphatic rings. The number of benzene rings is 1. The smallest absolute Gasteiger partial charge is 0.124 e. The van der Waals surface area contributed by atoms with Crippen LogP contribution >= 0.6 is 0 Å². The van der Waals surface area contributed by atoms with Gasteiger partial charge >= 0.3 is 0 Å². The van der Waals surface area contributed by atoms with Gasteiger partial charge in [-0.2, -0.15) is 0 Å². The van der Waals surface area contributed by atoms with Crippen LogP contribution in [-0.2, 0) is 9.47 Å². The van der Waals surface area contributed by atoms with E-state index in [9.17, 15) is 0 Å². The normalized spacial score (nSPS) is 45.1. The van der Waals surface area contributed by atoms with Gasteiger partial charge in [-0.05, 0) is 30.7 Å². The van der Waals surface area contributed by atoms with Crippen molar-refractivity contribution in [1.82, 2.24) is 0 Å². The summed E-state index contributed by atoms with van der Waals surface area (Å²) in [7, 11) is 0. The first-order chi connectivity index (χ1) is 8.83. The summed E-state index contributed by atoms with van der Waals surface area (Å²) in [5.41, 5.74) is 1.30. The average Bonchev–Trinajstić information content (AvgIpc) is 3.31. The van der Waals surface area contributed by atoms with Gasteiger partial charge in [-0.15, -0.1) is 6.58 Å². The third-order valence-corrected chi connectivity index (χ3v) is 4.66. The van der Waals surface area contributed by atoms with Crippen molar-refractivity contribution in [2.75, 3.05) is 0 Å². The minimum atomic E-state index is 0.0115. The van der Waals surface area contributed by atoms with Gasteiger partial charge in [0.2, 0.25) is 0 Å². The van der Waals surface area contributed by atoms with Crippen LogP contribution in [0.5, 0.6) is 0 Å². The zero-order valence-electron chi connectivity index (χ0n) is 10.4. The number of allylic oxidation sites excluding steroid dienone is 1. The number of fused-ring (bicyclic) bond motifs is 1. The first kappa shape index (κ1) is 10.8. The highest BCUT2D eigenvalue weighted by Gasteiger charge is 2.71. The van der Waals surface area contributed by atoms with E-state index in [2.05, 4.69) is 36.9 Å². The maximum Gasteiger partial charge on any atom is 0.124 e. The summed E-state index contributed by atoms with van der Waals surface area (Å²) in [6, 6.07) is 10.5. The Bertz CT molecular complexity index is 469. The fourth-order valence-corrected chi connectivity index (χ4v) is 3.54. The molecule has 1 aromatic carbocycles. The van der Waals surface area contributed by atoms with Crippen LogP contribution in [0, 0.1) is 5.92 Å². The molecule has 5 atom stereocenters. The zero-order chi connectivity index (χ0) is 12.2. The van der Waals surface area contributed by atoms with Crippen LogP contribution in [0.1, 0.15) is 30.9 Å². The summed E-state index contributed by atoms with van der Waals surface area (Å²) in [5.74, 6) is 0.601. The Labute approximate surface area is 108 Å². The molecule has 4 rings (SSSR count). The largest absolute Gasteiger partial charge is 0.363 e. The second-order valence-electron chi connectivity index (χ2n) is 5.73. The van der Waals surface area contributed by atoms with Crippen LogP contribution in [0.3, 0.4) is 0 Å². The molecule has 1 aromatic rings. The predicted molar refractivity (Wildman–Crippen MR) is 69.2 cm³/mol. The van der Waals surface area contributed by atoms with Gasteiger partial charge < -0.3 is 9.47 Å². The first-order valence-electron chi connectivity index (χ1n) is 6.84. The van der Waals surface area contributed by atoms with E-state index >= 15 is 0 Å². The Morgan fingerprint density at radius 2 is 2.06 bits per heavy atom. The SMILES string of the molecule is C=CC1CCC2OC2(C2OC2c2ccccc2)C1. The van der Waals surface area contributed by atoms with E-state index in [0.29, 0.717) is 12.0 Å². The van der Waals surface area contributed by atoms with Crippen molar-refractivity contribution in [2.24, 2.45) is 5.92 Å². The lowest BCUT2D eigenvalue weighted by molar-refractivity contribution is 0.210. The number of rotatable bonds is 3. The molecule has 2 aliphatic heterocycles. The highest BCUT2D eigenvalue weighted by atomic mass is 16.7. The van der Waals surface area contributed by atoms with Crippen LogP contribution in [0.4, 0.5) is 0 Å². The average molecular weight is 242 g/mol. The summed E-state index contributed by atoms with van der Waals surface area (Å²) in [5, 5.41) is 0. The molecule has 0 aromatic heterocycles. The molecule has 5 unspecified atom stereocenters. The Morgan fingerprint density at radius 1 is 1.22 bits per heavy atom. The zero-order valence-corrected chi connectivity index (χ0v) is 10.4. The Kier molecular flexibility index (Phi) is 2.21. The van der Waals surface area contributed by atoms with E-state index in [4.69, 9.17) is 9.47 Å². The van der Waals surface area contributed by atoms with E-state index in [1.807, 2.05) is 6.07 Å². The van der Waals surface area contributed by atoms with Crippen LogP contribution in [0.25, 0.3) is 0 Å². The van der Waals surface area contributed by atoms with E-state index in [1.165, 1.54) is 12.0 Å². The molecule has 2 saturated heterocycles. The third kappa shape index (κ3) is 1.49. The minimum absolute atomic E-state index is 0.0115. The molecule has 1 aliphatic carbocycles. The summed E-state index contributed by atoms with van der Waals surface area (Å²) in [6.45, 7) is 3.93. The van der Waals surface area contributed by atoms with E-state index < -0.39 is 0 Å². The van der Waals surface area contributed by atoms with Crippen molar-refractivity contribution in [2.45, 2.75) is 43.2 Å². The van der Waals surface area contributed by atoms with Gasteiger partial charge in [-0.1, -0.05) is 36.4 Å². The van der Waals surface area contributed by atoms with Gasteiger partial charge in [0.05, 0.1) is 6.10 Å². The van der Waals surface area contributed by atoms with Gasteiger partial charge in [0.25, 0.3) is 0 Å². The number of ether oxygens (including phenoxy) is 2. The third-order valence-electron chi connectivity index (χ3n) is 4.66. The quantitative estimate of drug-likeness (QED) is 0.600. The van der Waals surface area contributed by atoms with Crippen molar-refractivity contribution in [3.05, 3.63) is 48.6 Å². The Hall–Kier alpha value is -1.12. The number of hydrogen-bond donors (Lipinski definition) is 0. The molecule has 2 heterocycles. The molecule has 0 bridgehead atoms. The van der Waals surface area contributed by atoms with Crippen LogP contribution in [0.15, 0.2) is 43.0 Å². The van der Waals surface area contributed by atoms with Gasteiger partial charge in [0.1, 0.15) is 17.8 Å². The molecule has 0 amide bonds. The number of hydrogen-bond acceptors (Lipinski definition) is 2. The summed E-state index contributed by atoms with van der Waals surface area (Å²) >= 11 is 0. The molecule has 0 N–H and O–H groups in total. The lowest BCUT2D eigenvalue weighted by Gasteiger charge is -2.21. The molecule has 3 fully saturated rings. The van der Waals surface area contributed by atoms with Gasteiger partial charge in [0.15, 0.2) is 0 Å². The molecular weight excluding hydrogens is 224 g/mol. The topological polar surface area (TPSA) is 25.1 Å². The Balaban J connectivity index is 1.52. The summed E-state index contributed by atoms with van der Waals surface area (Å²) in [4.78, 5) is 0. The summed E-state index contributed by atoms with van der Waals surface area (Å²) in [6.07, 6.45) is 6.52. The molecule has 1 saturated carbocycles. The fourth-order valence-electron chi connectivity index (χ4n) is 3.54. The minimum Gasteiger partial charge on any atom is -0.363 e. The van der Waals surface area contributed by atoms with Gasteiger partial charge in [-0.25, -0.2) is 0 Å². The molecule has 0 radical (unpaired) electrons. The van der Waals surface area contributed by atoms with E-state index in [-0.39, 0.29) is 17.8 Å². The highest BCUT2D eigenvalue weighted by molar-refractivity contribution is 5.28. The molecule has 18 heavy (non-hydrogen) atoms. The Morgan fingerprint density at radius 3 is 2.83 bits per heavy atom. The second kappa shape index (κ2) is 3.69. The fraction of sp³-hybridized carbons (Fsp3) is 0.500. The molecule has 94 valence electrons. The van der Waals surface area contributed by atoms with Crippen molar-refractivity contribution in [1.29, 1.82) is 0 Å². The number of epoxide rings is 2. The van der Waals surface area contributed by atoms with Crippen molar-refractivity contribution >= 4 is 0 Å². The lowest BCUT2D eigenvalue weighted by Crippen LogP contribution is -2.30. The van der Waals surface area contributed by atoms with Gasteiger partial charge in [0, 0.05) is 0 Å². The van der Waals surface area contributed by atoms with Crippen molar-refractivity contribution < 1.29 is 9.47 Å². The molecular formula is C16H18O2. The lowest BCUT2D eigenvalue weighted by atomic mass is 9.78. The van der Waals surface area contributed by atoms with E-state index in [1.54, 1.807) is 0 Å². The van der Waals surface area contributed by atoms with Crippen molar-refractivity contribution in [3.63, 3.8) is 0 Å². The standard InChI is InChI=1S/C16H18O2/c1-2-11-8-9-13-16(10-11,18-13)15-14(17-15)12-6-4-3-5-7-12/h2-7,11,13-15H,1,8-10H2. The van der Waals surface area contributed by atoms with Gasteiger partial charge in [-0.3, -0.25) is 0 Å². The molecule has 2 heteroatoms. The maximum atomic E-state index is 6.00. The predicted octanol–water partition coefficient (Wildman–Crippen LogP) is 3.25. The van der Waals surface area contributed by atoms with Crippen LogP contribution < -0.4 is 0 Å². The first-order valence-corrected chi connectivity index (χ1v) is 6.84. The van der Waals surface area contributed by atoms with E-state index in [0.717, 1.165) is 12.8 Å². The van der Waals surface area contributed by atoms with Crippen LogP contribution in [0.2, 0.25) is 0 Å². The maximum absolute atomic E-state index is 6.00. The molecule has 2 nitrogen and oxygen atoms in total.